The van der Waals surface area contributed by atoms with Crippen molar-refractivity contribution in [3.63, 3.8) is 0 Å². The number of carbonyl (C=O) groups is 1. The molecule has 1 amide bonds. The number of aromatic nitrogens is 3. The van der Waals surface area contributed by atoms with Gasteiger partial charge in [0.25, 0.3) is 5.91 Å². The first-order chi connectivity index (χ1) is 15.1. The normalized spacial score (nSPS) is 17.1. The molecule has 2 aromatic heterocycles. The second-order valence-corrected chi connectivity index (χ2v) is 8.79. The van der Waals surface area contributed by atoms with Gasteiger partial charge in [-0.1, -0.05) is 12.1 Å². The van der Waals surface area contributed by atoms with Gasteiger partial charge in [-0.2, -0.15) is 9.61 Å². The average molecular weight is 420 g/mol. The predicted octanol–water partition coefficient (Wildman–Crippen LogP) is 3.74. The van der Waals surface area contributed by atoms with Crippen LogP contribution in [-0.2, 0) is 4.74 Å². The van der Waals surface area contributed by atoms with Gasteiger partial charge >= 0.3 is 0 Å². The summed E-state index contributed by atoms with van der Waals surface area (Å²) in [4.78, 5) is 17.2. The minimum absolute atomic E-state index is 0.0139. The first kappa shape index (κ1) is 20.0. The summed E-state index contributed by atoms with van der Waals surface area (Å²) in [5, 5.41) is 11.3. The molecule has 2 N–H and O–H groups in total. The van der Waals surface area contributed by atoms with Gasteiger partial charge in [0.05, 0.1) is 6.20 Å². The Morgan fingerprint density at radius 3 is 2.71 bits per heavy atom. The zero-order chi connectivity index (χ0) is 21.4. The van der Waals surface area contributed by atoms with Crippen LogP contribution < -0.4 is 10.6 Å². The van der Waals surface area contributed by atoms with Crippen molar-refractivity contribution in [1.29, 1.82) is 0 Å². The summed E-state index contributed by atoms with van der Waals surface area (Å²) < 4.78 is 7.35. The molecular formula is C24H29N5O2. The van der Waals surface area contributed by atoms with Gasteiger partial charge in [0.2, 0.25) is 0 Å². The van der Waals surface area contributed by atoms with Crippen molar-refractivity contribution in [1.82, 2.24) is 19.9 Å². The summed E-state index contributed by atoms with van der Waals surface area (Å²) in [6.07, 6.45) is 6.21. The Morgan fingerprint density at radius 2 is 1.97 bits per heavy atom. The Balaban J connectivity index is 1.41. The van der Waals surface area contributed by atoms with E-state index in [-0.39, 0.29) is 5.91 Å². The summed E-state index contributed by atoms with van der Waals surface area (Å²) in [6.45, 7) is 6.58. The second kappa shape index (κ2) is 8.30. The van der Waals surface area contributed by atoms with Crippen molar-refractivity contribution in [3.05, 3.63) is 47.3 Å². The Morgan fingerprint density at radius 1 is 1.16 bits per heavy atom. The van der Waals surface area contributed by atoms with Gasteiger partial charge in [0, 0.05) is 48.7 Å². The van der Waals surface area contributed by atoms with Crippen LogP contribution >= 0.6 is 0 Å². The average Bonchev–Trinajstić information content (AvgIpc) is 3.48. The molecule has 3 aromatic rings. The number of ether oxygens (including phenoxy) is 1. The minimum Gasteiger partial charge on any atom is -0.381 e. The molecule has 7 nitrogen and oxygen atoms in total. The van der Waals surface area contributed by atoms with Crippen LogP contribution in [0.3, 0.4) is 0 Å². The molecule has 0 spiro atoms. The molecule has 1 aromatic carbocycles. The molecule has 2 aliphatic rings. The number of carbonyl (C=O) groups excluding carboxylic acids is 1. The van der Waals surface area contributed by atoms with Crippen molar-refractivity contribution >= 4 is 17.4 Å². The molecule has 5 rings (SSSR count). The molecule has 0 unspecified atom stereocenters. The van der Waals surface area contributed by atoms with E-state index in [4.69, 9.17) is 9.72 Å². The number of anilines is 1. The highest BCUT2D eigenvalue weighted by molar-refractivity contribution is 5.97. The van der Waals surface area contributed by atoms with E-state index < -0.39 is 0 Å². The monoisotopic (exact) mass is 419 g/mol. The van der Waals surface area contributed by atoms with Gasteiger partial charge in [-0.05, 0) is 62.6 Å². The van der Waals surface area contributed by atoms with E-state index in [1.807, 2.05) is 42.8 Å². The van der Waals surface area contributed by atoms with Crippen LogP contribution in [0.1, 0.15) is 47.3 Å². The van der Waals surface area contributed by atoms with Gasteiger partial charge in [-0.15, -0.1) is 0 Å². The van der Waals surface area contributed by atoms with E-state index in [0.717, 1.165) is 84.9 Å². The predicted molar refractivity (Wildman–Crippen MR) is 120 cm³/mol. The fraction of sp³-hybridized carbons (Fsp3) is 0.458. The molecule has 31 heavy (non-hydrogen) atoms. The third-order valence-electron chi connectivity index (χ3n) is 6.21. The molecule has 0 radical (unpaired) electrons. The lowest BCUT2D eigenvalue weighted by molar-refractivity contribution is 0.0699. The SMILES string of the molecule is Cc1cc(NCC2CCOCC2)n2ncc(-c3ccc(C(=O)NC4CC4)c(C)c3)c2n1. The van der Waals surface area contributed by atoms with Crippen molar-refractivity contribution in [3.8, 4) is 11.1 Å². The lowest BCUT2D eigenvalue weighted by atomic mass is 10.0. The van der Waals surface area contributed by atoms with Gasteiger partial charge in [0.1, 0.15) is 5.82 Å². The van der Waals surface area contributed by atoms with Gasteiger partial charge in [0.15, 0.2) is 5.65 Å². The molecule has 162 valence electrons. The highest BCUT2D eigenvalue weighted by atomic mass is 16.5. The van der Waals surface area contributed by atoms with Gasteiger partial charge < -0.3 is 15.4 Å². The van der Waals surface area contributed by atoms with Gasteiger partial charge in [-0.25, -0.2) is 4.98 Å². The van der Waals surface area contributed by atoms with Gasteiger partial charge in [-0.3, -0.25) is 4.79 Å². The molecule has 3 heterocycles. The van der Waals surface area contributed by atoms with E-state index in [0.29, 0.717) is 12.0 Å². The highest BCUT2D eigenvalue weighted by Gasteiger charge is 2.24. The first-order valence-corrected chi connectivity index (χ1v) is 11.2. The first-order valence-electron chi connectivity index (χ1n) is 11.2. The van der Waals surface area contributed by atoms with Crippen molar-refractivity contribution in [2.45, 2.75) is 45.6 Å². The summed E-state index contributed by atoms with van der Waals surface area (Å²) >= 11 is 0. The van der Waals surface area contributed by atoms with Crippen molar-refractivity contribution in [2.75, 3.05) is 25.1 Å². The maximum atomic E-state index is 12.5. The summed E-state index contributed by atoms with van der Waals surface area (Å²) in [5.74, 6) is 1.58. The maximum Gasteiger partial charge on any atom is 0.251 e. The number of nitrogens with one attached hydrogen (secondary N) is 2. The van der Waals surface area contributed by atoms with Crippen molar-refractivity contribution < 1.29 is 9.53 Å². The second-order valence-electron chi connectivity index (χ2n) is 8.79. The molecule has 0 bridgehead atoms. The smallest absolute Gasteiger partial charge is 0.251 e. The summed E-state index contributed by atoms with van der Waals surface area (Å²) in [7, 11) is 0. The summed E-state index contributed by atoms with van der Waals surface area (Å²) in [5.41, 5.74) is 5.44. The largest absolute Gasteiger partial charge is 0.381 e. The Hall–Kier alpha value is -2.93. The fourth-order valence-electron chi connectivity index (χ4n) is 4.19. The number of hydrogen-bond acceptors (Lipinski definition) is 5. The lowest BCUT2D eigenvalue weighted by Gasteiger charge is -2.22. The number of benzene rings is 1. The molecule has 1 saturated heterocycles. The topological polar surface area (TPSA) is 80.5 Å². The number of aryl methyl sites for hydroxylation is 2. The van der Waals surface area contributed by atoms with E-state index in [2.05, 4.69) is 21.8 Å². The van der Waals surface area contributed by atoms with E-state index in [1.54, 1.807) is 0 Å². The number of fused-ring (bicyclic) bond motifs is 1. The van der Waals surface area contributed by atoms with Crippen LogP contribution in [0, 0.1) is 19.8 Å². The number of amides is 1. The molecule has 1 aliphatic heterocycles. The lowest BCUT2D eigenvalue weighted by Crippen LogP contribution is -2.26. The van der Waals surface area contributed by atoms with E-state index >= 15 is 0 Å². The zero-order valence-corrected chi connectivity index (χ0v) is 18.1. The molecule has 0 atom stereocenters. The molecule has 2 fully saturated rings. The van der Waals surface area contributed by atoms with Crippen molar-refractivity contribution in [2.24, 2.45) is 5.92 Å². The Labute approximate surface area is 182 Å². The molecular weight excluding hydrogens is 390 g/mol. The van der Waals surface area contributed by atoms with Crippen LogP contribution in [0.5, 0.6) is 0 Å². The Bertz CT molecular complexity index is 1110. The van der Waals surface area contributed by atoms with Crippen LogP contribution in [0.15, 0.2) is 30.5 Å². The van der Waals surface area contributed by atoms with Crippen LogP contribution in [0.4, 0.5) is 5.82 Å². The fourth-order valence-corrected chi connectivity index (χ4v) is 4.19. The van der Waals surface area contributed by atoms with E-state index in [9.17, 15) is 4.79 Å². The molecule has 7 heteroatoms. The molecule has 1 aliphatic carbocycles. The maximum absolute atomic E-state index is 12.5. The van der Waals surface area contributed by atoms with Crippen LogP contribution in [-0.4, -0.2) is 46.3 Å². The van der Waals surface area contributed by atoms with E-state index in [1.165, 1.54) is 0 Å². The number of rotatable bonds is 6. The minimum atomic E-state index is 0.0139. The quantitative estimate of drug-likeness (QED) is 0.636. The molecule has 1 saturated carbocycles. The highest BCUT2D eigenvalue weighted by Crippen LogP contribution is 2.28. The summed E-state index contributed by atoms with van der Waals surface area (Å²) in [6, 6.07) is 8.35. The van der Waals surface area contributed by atoms with Crippen LogP contribution in [0.2, 0.25) is 0 Å². The zero-order valence-electron chi connectivity index (χ0n) is 18.1. The standard InChI is InChI=1S/C24H29N5O2/c1-15-11-18(3-6-20(15)24(30)28-19-4-5-19)21-14-26-29-22(12-16(2)27-23(21)29)25-13-17-7-9-31-10-8-17/h3,6,11-12,14,17,19,25H,4-5,7-10,13H2,1-2H3,(H,28,30). The third-order valence-corrected chi connectivity index (χ3v) is 6.21. The van der Waals surface area contributed by atoms with Crippen LogP contribution in [0.25, 0.3) is 16.8 Å². The third kappa shape index (κ3) is 4.28. The Kier molecular flexibility index (Phi) is 5.36. The number of nitrogens with zero attached hydrogens (tertiary/aromatic N) is 3. The number of hydrogen-bond donors (Lipinski definition) is 2.